The third kappa shape index (κ3) is 3.05. The van der Waals surface area contributed by atoms with Crippen molar-refractivity contribution in [2.24, 2.45) is 0 Å². The zero-order valence-electron chi connectivity index (χ0n) is 12.6. The Balaban J connectivity index is 1.62. The quantitative estimate of drug-likeness (QED) is 0.932. The van der Waals surface area contributed by atoms with Gasteiger partial charge in [-0.2, -0.15) is 5.10 Å². The van der Waals surface area contributed by atoms with Crippen molar-refractivity contribution in [3.8, 4) is 11.5 Å². The van der Waals surface area contributed by atoms with Crippen LogP contribution in [-0.4, -0.2) is 33.9 Å². The largest absolute Gasteiger partial charge is 0.482 e. The molecule has 0 spiro atoms. The monoisotopic (exact) mass is 301 g/mol. The molecule has 1 aliphatic rings. The van der Waals surface area contributed by atoms with Gasteiger partial charge >= 0.3 is 0 Å². The summed E-state index contributed by atoms with van der Waals surface area (Å²) < 4.78 is 13.3. The van der Waals surface area contributed by atoms with E-state index >= 15 is 0 Å². The zero-order chi connectivity index (χ0) is 15.5. The highest BCUT2D eigenvalue weighted by atomic mass is 16.6. The van der Waals surface area contributed by atoms with Crippen molar-refractivity contribution < 1.29 is 14.3 Å². The van der Waals surface area contributed by atoms with Gasteiger partial charge in [-0.1, -0.05) is 12.1 Å². The Kier molecular flexibility index (Phi) is 4.00. The van der Waals surface area contributed by atoms with Crippen LogP contribution in [0.1, 0.15) is 13.8 Å². The minimum Gasteiger partial charge on any atom is -0.482 e. The Hall–Kier alpha value is -2.50. The number of para-hydroxylation sites is 2. The van der Waals surface area contributed by atoms with Gasteiger partial charge in [0.1, 0.15) is 6.10 Å². The van der Waals surface area contributed by atoms with E-state index in [-0.39, 0.29) is 18.1 Å². The van der Waals surface area contributed by atoms with Gasteiger partial charge in [0.2, 0.25) is 6.10 Å². The fourth-order valence-corrected chi connectivity index (χ4v) is 2.47. The number of amides is 1. The predicted molar refractivity (Wildman–Crippen MR) is 80.8 cm³/mol. The highest BCUT2D eigenvalue weighted by Gasteiger charge is 2.34. The molecule has 116 valence electrons. The SMILES string of the molecule is C[C@H](Cn1cccn1)NC(=O)[C@@H]1Oc2ccccc2O[C@H]1C. The van der Waals surface area contributed by atoms with E-state index in [4.69, 9.17) is 9.47 Å². The average molecular weight is 301 g/mol. The predicted octanol–water partition coefficient (Wildman–Crippen LogP) is 1.62. The Bertz CT molecular complexity index is 642. The number of carbonyl (C=O) groups excluding carboxylic acids is 1. The normalized spacial score (nSPS) is 21.2. The lowest BCUT2D eigenvalue weighted by Gasteiger charge is -2.31. The highest BCUT2D eigenvalue weighted by Crippen LogP contribution is 2.33. The van der Waals surface area contributed by atoms with E-state index in [1.54, 1.807) is 16.9 Å². The van der Waals surface area contributed by atoms with E-state index in [2.05, 4.69) is 10.4 Å². The second-order valence-corrected chi connectivity index (χ2v) is 5.45. The van der Waals surface area contributed by atoms with Crippen molar-refractivity contribution in [2.45, 2.75) is 38.6 Å². The van der Waals surface area contributed by atoms with Crippen LogP contribution in [0.5, 0.6) is 11.5 Å². The molecule has 6 heteroatoms. The molecular weight excluding hydrogens is 282 g/mol. The maximum absolute atomic E-state index is 12.4. The minimum atomic E-state index is -0.657. The number of nitrogens with one attached hydrogen (secondary N) is 1. The zero-order valence-corrected chi connectivity index (χ0v) is 12.6. The third-order valence-electron chi connectivity index (χ3n) is 3.51. The van der Waals surface area contributed by atoms with Gasteiger partial charge in [0, 0.05) is 18.4 Å². The van der Waals surface area contributed by atoms with Gasteiger partial charge in [0.25, 0.3) is 5.91 Å². The number of rotatable bonds is 4. The van der Waals surface area contributed by atoms with Crippen molar-refractivity contribution in [3.05, 3.63) is 42.7 Å². The summed E-state index contributed by atoms with van der Waals surface area (Å²) in [7, 11) is 0. The summed E-state index contributed by atoms with van der Waals surface area (Å²) in [5.74, 6) is 1.09. The van der Waals surface area contributed by atoms with E-state index in [0.717, 1.165) is 0 Å². The Morgan fingerprint density at radius 1 is 1.32 bits per heavy atom. The van der Waals surface area contributed by atoms with Crippen LogP contribution in [0.4, 0.5) is 0 Å². The molecule has 0 radical (unpaired) electrons. The smallest absolute Gasteiger partial charge is 0.265 e. The fourth-order valence-electron chi connectivity index (χ4n) is 2.47. The first-order chi connectivity index (χ1) is 10.6. The number of aromatic nitrogens is 2. The molecule has 0 bridgehead atoms. The molecular formula is C16H19N3O3. The summed E-state index contributed by atoms with van der Waals surface area (Å²) in [5.41, 5.74) is 0. The summed E-state index contributed by atoms with van der Waals surface area (Å²) in [4.78, 5) is 12.4. The first-order valence-corrected chi connectivity index (χ1v) is 7.33. The first-order valence-electron chi connectivity index (χ1n) is 7.33. The molecule has 0 aliphatic carbocycles. The Morgan fingerprint density at radius 3 is 2.73 bits per heavy atom. The summed E-state index contributed by atoms with van der Waals surface area (Å²) in [5, 5.41) is 7.07. The van der Waals surface area contributed by atoms with E-state index in [1.165, 1.54) is 0 Å². The van der Waals surface area contributed by atoms with Crippen LogP contribution < -0.4 is 14.8 Å². The van der Waals surface area contributed by atoms with E-state index in [9.17, 15) is 4.79 Å². The molecule has 6 nitrogen and oxygen atoms in total. The van der Waals surface area contributed by atoms with E-state index < -0.39 is 6.10 Å². The van der Waals surface area contributed by atoms with Crippen molar-refractivity contribution in [1.82, 2.24) is 15.1 Å². The van der Waals surface area contributed by atoms with Crippen LogP contribution in [0, 0.1) is 0 Å². The summed E-state index contributed by atoms with van der Waals surface area (Å²) in [6, 6.07) is 9.16. The molecule has 2 heterocycles. The van der Waals surface area contributed by atoms with Crippen LogP contribution in [0.3, 0.4) is 0 Å². The van der Waals surface area contributed by atoms with Crippen LogP contribution in [0.25, 0.3) is 0 Å². The molecule has 1 aromatic heterocycles. The molecule has 0 saturated carbocycles. The van der Waals surface area contributed by atoms with Gasteiger partial charge in [-0.25, -0.2) is 0 Å². The van der Waals surface area contributed by atoms with Crippen molar-refractivity contribution in [3.63, 3.8) is 0 Å². The third-order valence-corrected chi connectivity index (χ3v) is 3.51. The standard InChI is InChI=1S/C16H19N3O3/c1-11(10-19-9-5-8-17-19)18-16(20)15-12(2)21-13-6-3-4-7-14(13)22-15/h3-9,11-12,15H,10H2,1-2H3,(H,18,20)/t11-,12+,15-/m1/s1. The molecule has 22 heavy (non-hydrogen) atoms. The fraction of sp³-hybridized carbons (Fsp3) is 0.375. The number of fused-ring (bicyclic) bond motifs is 1. The Labute approximate surface area is 129 Å². The molecule has 0 unspecified atom stereocenters. The summed E-state index contributed by atoms with van der Waals surface area (Å²) >= 11 is 0. The number of ether oxygens (including phenoxy) is 2. The lowest BCUT2D eigenvalue weighted by atomic mass is 10.1. The second-order valence-electron chi connectivity index (χ2n) is 5.45. The van der Waals surface area contributed by atoms with Gasteiger partial charge in [0.15, 0.2) is 11.5 Å². The van der Waals surface area contributed by atoms with Crippen molar-refractivity contribution >= 4 is 5.91 Å². The maximum Gasteiger partial charge on any atom is 0.265 e. The molecule has 3 atom stereocenters. The van der Waals surface area contributed by atoms with Gasteiger partial charge in [-0.15, -0.1) is 0 Å². The molecule has 0 fully saturated rings. The lowest BCUT2D eigenvalue weighted by Crippen LogP contribution is -2.51. The molecule has 3 rings (SSSR count). The number of hydrogen-bond donors (Lipinski definition) is 1. The summed E-state index contributed by atoms with van der Waals surface area (Å²) in [6.07, 6.45) is 2.58. The van der Waals surface area contributed by atoms with Crippen molar-refractivity contribution in [1.29, 1.82) is 0 Å². The lowest BCUT2D eigenvalue weighted by molar-refractivity contribution is -0.134. The summed E-state index contributed by atoms with van der Waals surface area (Å²) in [6.45, 7) is 4.37. The van der Waals surface area contributed by atoms with E-state index in [1.807, 2.05) is 44.3 Å². The molecule has 2 aromatic rings. The van der Waals surface area contributed by atoms with Gasteiger partial charge in [-0.3, -0.25) is 9.48 Å². The second kappa shape index (κ2) is 6.09. The number of benzene rings is 1. The van der Waals surface area contributed by atoms with Crippen LogP contribution in [0.15, 0.2) is 42.7 Å². The average Bonchev–Trinajstić information content (AvgIpc) is 2.99. The molecule has 1 aliphatic heterocycles. The molecule has 1 N–H and O–H groups in total. The van der Waals surface area contributed by atoms with E-state index in [0.29, 0.717) is 18.0 Å². The first kappa shape index (κ1) is 14.4. The maximum atomic E-state index is 12.4. The van der Waals surface area contributed by atoms with Crippen LogP contribution in [-0.2, 0) is 11.3 Å². The highest BCUT2D eigenvalue weighted by molar-refractivity contribution is 5.82. The van der Waals surface area contributed by atoms with Crippen molar-refractivity contribution in [2.75, 3.05) is 0 Å². The van der Waals surface area contributed by atoms with Gasteiger partial charge in [0.05, 0.1) is 6.54 Å². The van der Waals surface area contributed by atoms with Gasteiger partial charge in [-0.05, 0) is 32.0 Å². The molecule has 1 amide bonds. The topological polar surface area (TPSA) is 65.4 Å². The van der Waals surface area contributed by atoms with Gasteiger partial charge < -0.3 is 14.8 Å². The minimum absolute atomic E-state index is 0.0552. The number of carbonyl (C=O) groups is 1. The van der Waals surface area contributed by atoms with Crippen LogP contribution >= 0.6 is 0 Å². The number of nitrogens with zero attached hydrogens (tertiary/aromatic N) is 2. The molecule has 0 saturated heterocycles. The number of hydrogen-bond acceptors (Lipinski definition) is 4. The molecule has 1 aromatic carbocycles. The Morgan fingerprint density at radius 2 is 2.05 bits per heavy atom. The van der Waals surface area contributed by atoms with Crippen LogP contribution in [0.2, 0.25) is 0 Å².